The van der Waals surface area contributed by atoms with Gasteiger partial charge in [0.2, 0.25) is 17.9 Å². The molecule has 1 aromatic heterocycles. The summed E-state index contributed by atoms with van der Waals surface area (Å²) in [6, 6.07) is 6.16. The number of H-pyrrole nitrogens is 1. The topological polar surface area (TPSA) is 114 Å². The number of anilines is 1. The van der Waals surface area contributed by atoms with Gasteiger partial charge in [-0.15, -0.1) is 5.10 Å². The number of carbonyl (C=O) groups is 1. The molecular formula is C12H10ClN5O3. The number of carbonyl (C=O) groups excluding carboxylic acids is 1. The molecule has 21 heavy (non-hydrogen) atoms. The number of nitrogens with one attached hydrogen (secondary N) is 2. The van der Waals surface area contributed by atoms with Gasteiger partial charge in [-0.25, -0.2) is 0 Å². The van der Waals surface area contributed by atoms with Crippen molar-refractivity contribution in [3.63, 3.8) is 0 Å². The summed E-state index contributed by atoms with van der Waals surface area (Å²) >= 11 is 5.80. The van der Waals surface area contributed by atoms with Gasteiger partial charge in [-0.05, 0) is 24.3 Å². The minimum atomic E-state index is -0.792. The Labute approximate surface area is 123 Å². The van der Waals surface area contributed by atoms with E-state index in [2.05, 4.69) is 20.5 Å². The molecule has 1 heterocycles. The van der Waals surface area contributed by atoms with E-state index >= 15 is 0 Å². The first-order valence-corrected chi connectivity index (χ1v) is 6.55. The van der Waals surface area contributed by atoms with Gasteiger partial charge in [-0.3, -0.25) is 25.3 Å². The zero-order valence-corrected chi connectivity index (χ0v) is 11.4. The molecule has 8 nitrogen and oxygen atoms in total. The first kappa shape index (κ1) is 13.5. The van der Waals surface area contributed by atoms with E-state index < -0.39 is 22.8 Å². The van der Waals surface area contributed by atoms with E-state index in [9.17, 15) is 14.9 Å². The van der Waals surface area contributed by atoms with Crippen LogP contribution in [0.3, 0.4) is 0 Å². The lowest BCUT2D eigenvalue weighted by molar-refractivity contribution is -0.497. The van der Waals surface area contributed by atoms with E-state index in [1.54, 1.807) is 24.3 Å². The molecule has 3 rings (SSSR count). The molecule has 0 unspecified atom stereocenters. The van der Waals surface area contributed by atoms with Crippen molar-refractivity contribution in [1.82, 2.24) is 15.2 Å². The lowest BCUT2D eigenvalue weighted by Crippen LogP contribution is -2.19. The van der Waals surface area contributed by atoms with Crippen molar-refractivity contribution < 1.29 is 9.72 Å². The third-order valence-corrected chi connectivity index (χ3v) is 3.45. The molecule has 0 bridgehead atoms. The Morgan fingerprint density at radius 2 is 2.14 bits per heavy atom. The third kappa shape index (κ3) is 2.84. The second-order valence-corrected chi connectivity index (χ2v) is 5.14. The van der Waals surface area contributed by atoms with Gasteiger partial charge in [0.05, 0.1) is 0 Å². The Kier molecular flexibility index (Phi) is 3.30. The van der Waals surface area contributed by atoms with Crippen LogP contribution in [-0.2, 0) is 4.79 Å². The highest BCUT2D eigenvalue weighted by molar-refractivity contribution is 6.30. The first-order chi connectivity index (χ1) is 10.0. The minimum absolute atomic E-state index is 0.0962. The normalized spacial score (nSPS) is 20.0. The van der Waals surface area contributed by atoms with Crippen LogP contribution in [0, 0.1) is 16.0 Å². The maximum atomic E-state index is 11.8. The second-order valence-electron chi connectivity index (χ2n) is 4.70. The maximum absolute atomic E-state index is 11.8. The van der Waals surface area contributed by atoms with E-state index in [1.807, 2.05) is 0 Å². The number of hydrogen-bond donors (Lipinski definition) is 2. The highest BCUT2D eigenvalue weighted by Crippen LogP contribution is 2.33. The largest absolute Gasteiger partial charge is 0.293 e. The molecule has 0 spiro atoms. The number of aromatic nitrogens is 3. The van der Waals surface area contributed by atoms with Crippen LogP contribution < -0.4 is 5.32 Å². The molecule has 1 aromatic carbocycles. The summed E-state index contributed by atoms with van der Waals surface area (Å²) in [6.45, 7) is 0. The van der Waals surface area contributed by atoms with Crippen molar-refractivity contribution in [2.75, 3.05) is 5.32 Å². The molecule has 0 aliphatic heterocycles. The van der Waals surface area contributed by atoms with Crippen LogP contribution in [0.5, 0.6) is 0 Å². The number of aromatic amines is 1. The van der Waals surface area contributed by atoms with Gasteiger partial charge in [0, 0.05) is 21.9 Å². The standard InChI is InChI=1S/C12H10ClN5O3/c13-7-3-1-6(2-4-7)10-14-12(17-16-10)15-11(19)8-5-9(8)18(20)21/h1-4,8-9H,5H2,(H2,14,15,16,17,19)/t8-,9-/m0/s1. The average molecular weight is 308 g/mol. The summed E-state index contributed by atoms with van der Waals surface area (Å²) in [5.74, 6) is -0.460. The Morgan fingerprint density at radius 3 is 2.76 bits per heavy atom. The van der Waals surface area contributed by atoms with Gasteiger partial charge >= 0.3 is 0 Å². The zero-order chi connectivity index (χ0) is 15.0. The number of benzene rings is 1. The quantitative estimate of drug-likeness (QED) is 0.659. The molecule has 0 saturated heterocycles. The van der Waals surface area contributed by atoms with E-state index in [-0.39, 0.29) is 12.4 Å². The first-order valence-electron chi connectivity index (χ1n) is 6.17. The predicted molar refractivity (Wildman–Crippen MR) is 74.3 cm³/mol. The number of hydrogen-bond acceptors (Lipinski definition) is 5. The Balaban J connectivity index is 1.67. The van der Waals surface area contributed by atoms with Gasteiger partial charge in [0.25, 0.3) is 0 Å². The van der Waals surface area contributed by atoms with Crippen molar-refractivity contribution in [1.29, 1.82) is 0 Å². The number of amides is 1. The van der Waals surface area contributed by atoms with Crippen molar-refractivity contribution in [2.45, 2.75) is 12.5 Å². The molecule has 1 amide bonds. The van der Waals surface area contributed by atoms with E-state index in [0.717, 1.165) is 5.56 Å². The smallest absolute Gasteiger partial charge is 0.249 e. The molecule has 1 aliphatic rings. The van der Waals surface area contributed by atoms with Crippen LogP contribution in [0.25, 0.3) is 11.4 Å². The van der Waals surface area contributed by atoms with Gasteiger partial charge in [-0.1, -0.05) is 11.6 Å². The Morgan fingerprint density at radius 1 is 1.43 bits per heavy atom. The Hall–Kier alpha value is -2.48. The number of rotatable bonds is 4. The molecule has 1 aliphatic carbocycles. The highest BCUT2D eigenvalue weighted by atomic mass is 35.5. The molecule has 1 fully saturated rings. The summed E-state index contributed by atoms with van der Waals surface area (Å²) in [5.41, 5.74) is 0.766. The average Bonchev–Trinajstić information content (AvgIpc) is 3.14. The number of halogens is 1. The summed E-state index contributed by atoms with van der Waals surface area (Å²) in [7, 11) is 0. The summed E-state index contributed by atoms with van der Waals surface area (Å²) < 4.78 is 0. The van der Waals surface area contributed by atoms with E-state index in [1.165, 1.54) is 0 Å². The van der Waals surface area contributed by atoms with Crippen molar-refractivity contribution >= 4 is 23.5 Å². The van der Waals surface area contributed by atoms with Gasteiger partial charge in [-0.2, -0.15) is 4.98 Å². The fourth-order valence-corrected chi connectivity index (χ4v) is 2.08. The molecule has 1 saturated carbocycles. The van der Waals surface area contributed by atoms with Crippen LogP contribution in [0.2, 0.25) is 5.02 Å². The maximum Gasteiger partial charge on any atom is 0.249 e. The van der Waals surface area contributed by atoms with Gasteiger partial charge in [0.15, 0.2) is 5.82 Å². The SMILES string of the molecule is O=C(Nc1n[nH]c(-c2ccc(Cl)cc2)n1)[C@H]1C[C@@H]1[N+](=O)[O-]. The van der Waals surface area contributed by atoms with Crippen LogP contribution >= 0.6 is 11.6 Å². The zero-order valence-electron chi connectivity index (χ0n) is 10.6. The summed E-state index contributed by atoms with van der Waals surface area (Å²) in [5, 5.41) is 20.1. The Bertz CT molecular complexity index is 699. The van der Waals surface area contributed by atoms with E-state index in [0.29, 0.717) is 10.8 Å². The van der Waals surface area contributed by atoms with Crippen LogP contribution in [0.1, 0.15) is 6.42 Å². The second kappa shape index (κ2) is 5.13. The predicted octanol–water partition coefficient (Wildman–Crippen LogP) is 1.73. The van der Waals surface area contributed by atoms with E-state index in [4.69, 9.17) is 11.6 Å². The summed E-state index contributed by atoms with van der Waals surface area (Å²) in [6.07, 6.45) is 0.257. The molecule has 9 heteroatoms. The molecule has 108 valence electrons. The van der Waals surface area contributed by atoms with Crippen molar-refractivity contribution in [3.8, 4) is 11.4 Å². The fraction of sp³-hybridized carbons (Fsp3) is 0.250. The molecule has 2 atom stereocenters. The molecular weight excluding hydrogens is 298 g/mol. The lowest BCUT2D eigenvalue weighted by atomic mass is 10.2. The van der Waals surface area contributed by atoms with Gasteiger partial charge < -0.3 is 0 Å². The van der Waals surface area contributed by atoms with Crippen LogP contribution in [0.15, 0.2) is 24.3 Å². The number of nitrogens with zero attached hydrogens (tertiary/aromatic N) is 3. The monoisotopic (exact) mass is 307 g/mol. The minimum Gasteiger partial charge on any atom is -0.293 e. The molecule has 2 N–H and O–H groups in total. The highest BCUT2D eigenvalue weighted by Gasteiger charge is 2.53. The fourth-order valence-electron chi connectivity index (χ4n) is 1.95. The van der Waals surface area contributed by atoms with Crippen LogP contribution in [-0.4, -0.2) is 32.1 Å². The van der Waals surface area contributed by atoms with Crippen LogP contribution in [0.4, 0.5) is 5.95 Å². The molecule has 2 aromatic rings. The summed E-state index contributed by atoms with van der Waals surface area (Å²) in [4.78, 5) is 26.0. The lowest BCUT2D eigenvalue weighted by Gasteiger charge is -1.97. The molecule has 0 radical (unpaired) electrons. The van der Waals surface area contributed by atoms with Crippen molar-refractivity contribution in [2.24, 2.45) is 5.92 Å². The third-order valence-electron chi connectivity index (χ3n) is 3.20. The van der Waals surface area contributed by atoms with Gasteiger partial charge in [0.1, 0.15) is 5.92 Å². The van der Waals surface area contributed by atoms with Crippen molar-refractivity contribution in [3.05, 3.63) is 39.4 Å². The number of nitro groups is 1.